The molecule has 2 N–H and O–H groups in total. The first-order chi connectivity index (χ1) is 12.0. The number of rotatable bonds is 1. The van der Waals surface area contributed by atoms with Crippen molar-refractivity contribution in [3.05, 3.63) is 76.5 Å². The van der Waals surface area contributed by atoms with Gasteiger partial charge in [0.05, 0.1) is 11.0 Å². The second-order valence-corrected chi connectivity index (χ2v) is 5.64. The van der Waals surface area contributed by atoms with Crippen molar-refractivity contribution in [3.63, 3.8) is 0 Å². The van der Waals surface area contributed by atoms with Gasteiger partial charge in [0.15, 0.2) is 28.6 Å². The lowest BCUT2D eigenvalue weighted by molar-refractivity contribution is 0.433. The van der Waals surface area contributed by atoms with Crippen molar-refractivity contribution in [1.82, 2.24) is 4.57 Å². The van der Waals surface area contributed by atoms with E-state index in [0.29, 0.717) is 5.69 Å². The number of hydrogen-bond donors (Lipinski definition) is 2. The molecular formula is C19H11F2NO3. The van der Waals surface area contributed by atoms with Gasteiger partial charge in [-0.1, -0.05) is 18.2 Å². The van der Waals surface area contributed by atoms with Crippen molar-refractivity contribution >= 4 is 21.8 Å². The van der Waals surface area contributed by atoms with E-state index in [1.54, 1.807) is 34.9 Å². The number of pyridine rings is 1. The lowest BCUT2D eigenvalue weighted by Crippen LogP contribution is -2.11. The Morgan fingerprint density at radius 3 is 1.72 bits per heavy atom. The molecule has 0 aliphatic heterocycles. The topological polar surface area (TPSA) is 62.5 Å². The molecule has 4 aromatic rings. The molecule has 0 unspecified atom stereocenters. The largest absolute Gasteiger partial charge is 0.505 e. The maximum Gasteiger partial charge on any atom is 0.197 e. The zero-order chi connectivity index (χ0) is 17.7. The fourth-order valence-electron chi connectivity index (χ4n) is 2.97. The Morgan fingerprint density at radius 1 is 0.760 bits per heavy atom. The van der Waals surface area contributed by atoms with Crippen LogP contribution in [0.4, 0.5) is 8.78 Å². The number of aromatic hydroxyl groups is 2. The molecule has 0 bridgehead atoms. The standard InChI is InChI=1S/C19H11F2NO3/c20-13-6-11-15(8-17(13)23)22(10-4-2-1-3-5-10)16-9-18(24)14(21)7-12(16)19(11)25/h1-9,23-24H. The highest BCUT2D eigenvalue weighted by molar-refractivity contribution is 5.96. The molecule has 0 atom stereocenters. The molecule has 3 aromatic carbocycles. The maximum atomic E-state index is 13.8. The molecule has 0 saturated carbocycles. The summed E-state index contributed by atoms with van der Waals surface area (Å²) in [4.78, 5) is 12.7. The number of para-hydroxylation sites is 1. The number of aromatic nitrogens is 1. The van der Waals surface area contributed by atoms with Gasteiger partial charge in [0, 0.05) is 28.6 Å². The Hall–Kier alpha value is -3.41. The summed E-state index contributed by atoms with van der Waals surface area (Å²) in [6.07, 6.45) is 0. The smallest absolute Gasteiger partial charge is 0.197 e. The van der Waals surface area contributed by atoms with Crippen molar-refractivity contribution in [2.75, 3.05) is 0 Å². The number of phenolic OH excluding ortho intramolecular Hbond substituents is 2. The molecule has 1 aromatic heterocycles. The van der Waals surface area contributed by atoms with E-state index in [1.165, 1.54) is 0 Å². The van der Waals surface area contributed by atoms with Crippen molar-refractivity contribution in [3.8, 4) is 17.2 Å². The van der Waals surface area contributed by atoms with E-state index in [1.807, 2.05) is 0 Å². The van der Waals surface area contributed by atoms with Crippen LogP contribution in [0.1, 0.15) is 0 Å². The molecule has 0 radical (unpaired) electrons. The molecule has 124 valence electrons. The summed E-state index contributed by atoms with van der Waals surface area (Å²) in [6.45, 7) is 0. The molecule has 25 heavy (non-hydrogen) atoms. The number of phenols is 2. The molecule has 0 spiro atoms. The molecule has 1 heterocycles. The second kappa shape index (κ2) is 5.31. The summed E-state index contributed by atoms with van der Waals surface area (Å²) in [6, 6.07) is 12.9. The molecule has 0 saturated heterocycles. The lowest BCUT2D eigenvalue weighted by atomic mass is 10.1. The third kappa shape index (κ3) is 2.22. The van der Waals surface area contributed by atoms with Crippen molar-refractivity contribution in [1.29, 1.82) is 0 Å². The SMILES string of the molecule is O=c1c2cc(F)c(O)cc2n(-c2ccccc2)c2cc(O)c(F)cc12. The van der Waals surface area contributed by atoms with Crippen LogP contribution in [0, 0.1) is 11.6 Å². The minimum atomic E-state index is -0.942. The molecular weight excluding hydrogens is 328 g/mol. The van der Waals surface area contributed by atoms with Crippen LogP contribution in [0.3, 0.4) is 0 Å². The Balaban J connectivity index is 2.33. The minimum Gasteiger partial charge on any atom is -0.505 e. The van der Waals surface area contributed by atoms with Gasteiger partial charge in [0.25, 0.3) is 0 Å². The predicted octanol–water partition coefficient (Wildman–Crippen LogP) is 3.83. The van der Waals surface area contributed by atoms with E-state index >= 15 is 0 Å². The van der Waals surface area contributed by atoms with Crippen LogP contribution in [0.5, 0.6) is 11.5 Å². The highest BCUT2D eigenvalue weighted by atomic mass is 19.1. The van der Waals surface area contributed by atoms with Crippen LogP contribution >= 0.6 is 0 Å². The first kappa shape index (κ1) is 15.1. The number of nitrogens with zero attached hydrogens (tertiary/aromatic N) is 1. The first-order valence-electron chi connectivity index (χ1n) is 7.42. The van der Waals surface area contributed by atoms with E-state index in [2.05, 4.69) is 0 Å². The predicted molar refractivity (Wildman–Crippen MR) is 90.3 cm³/mol. The molecule has 4 rings (SSSR count). The molecule has 0 aliphatic carbocycles. The first-order valence-corrected chi connectivity index (χ1v) is 7.42. The molecule has 0 amide bonds. The Kier molecular flexibility index (Phi) is 3.21. The number of hydrogen-bond acceptors (Lipinski definition) is 3. The van der Waals surface area contributed by atoms with Gasteiger partial charge in [-0.3, -0.25) is 4.79 Å². The van der Waals surface area contributed by atoms with E-state index in [4.69, 9.17) is 0 Å². The van der Waals surface area contributed by atoms with Crippen LogP contribution < -0.4 is 5.43 Å². The monoisotopic (exact) mass is 339 g/mol. The van der Waals surface area contributed by atoms with Gasteiger partial charge in [0.1, 0.15) is 0 Å². The third-order valence-corrected chi connectivity index (χ3v) is 4.12. The number of halogens is 2. The lowest BCUT2D eigenvalue weighted by Gasteiger charge is -2.16. The number of fused-ring (bicyclic) bond motifs is 2. The molecule has 0 fully saturated rings. The van der Waals surface area contributed by atoms with Gasteiger partial charge in [-0.25, -0.2) is 8.78 Å². The van der Waals surface area contributed by atoms with Gasteiger partial charge >= 0.3 is 0 Å². The zero-order valence-electron chi connectivity index (χ0n) is 12.7. The number of benzene rings is 3. The quantitative estimate of drug-likeness (QED) is 0.518. The van der Waals surface area contributed by atoms with Crippen LogP contribution in [0.25, 0.3) is 27.5 Å². The van der Waals surface area contributed by atoms with Crippen molar-refractivity contribution < 1.29 is 19.0 Å². The summed E-state index contributed by atoms with van der Waals surface area (Å²) in [7, 11) is 0. The normalized spacial score (nSPS) is 11.3. The summed E-state index contributed by atoms with van der Waals surface area (Å²) in [5.74, 6) is -3.10. The van der Waals surface area contributed by atoms with Crippen LogP contribution in [0.2, 0.25) is 0 Å². The molecule has 6 heteroatoms. The highest BCUT2D eigenvalue weighted by Gasteiger charge is 2.17. The summed E-state index contributed by atoms with van der Waals surface area (Å²) in [5, 5.41) is 19.5. The fraction of sp³-hybridized carbons (Fsp3) is 0. The Bertz CT molecular complexity index is 1130. The van der Waals surface area contributed by atoms with Gasteiger partial charge in [-0.15, -0.1) is 0 Å². The van der Waals surface area contributed by atoms with Gasteiger partial charge in [-0.05, 0) is 24.3 Å². The van der Waals surface area contributed by atoms with Crippen LogP contribution in [-0.2, 0) is 0 Å². The van der Waals surface area contributed by atoms with E-state index in [-0.39, 0.29) is 21.8 Å². The van der Waals surface area contributed by atoms with Gasteiger partial charge < -0.3 is 14.8 Å². The molecule has 0 aliphatic rings. The Labute approximate surface area is 139 Å². The average molecular weight is 339 g/mol. The average Bonchev–Trinajstić information content (AvgIpc) is 2.60. The third-order valence-electron chi connectivity index (χ3n) is 4.12. The summed E-state index contributed by atoms with van der Waals surface area (Å²) >= 11 is 0. The van der Waals surface area contributed by atoms with Crippen molar-refractivity contribution in [2.45, 2.75) is 0 Å². The van der Waals surface area contributed by atoms with Crippen LogP contribution in [0.15, 0.2) is 59.4 Å². The van der Waals surface area contributed by atoms with Crippen LogP contribution in [-0.4, -0.2) is 14.8 Å². The minimum absolute atomic E-state index is 0.00302. The van der Waals surface area contributed by atoms with E-state index in [9.17, 15) is 23.8 Å². The summed E-state index contributed by atoms with van der Waals surface area (Å²) < 4.78 is 29.1. The van der Waals surface area contributed by atoms with Gasteiger partial charge in [0.2, 0.25) is 0 Å². The Morgan fingerprint density at radius 2 is 1.24 bits per heavy atom. The highest BCUT2D eigenvalue weighted by Crippen LogP contribution is 2.30. The second-order valence-electron chi connectivity index (χ2n) is 5.64. The van der Waals surface area contributed by atoms with Gasteiger partial charge in [-0.2, -0.15) is 0 Å². The zero-order valence-corrected chi connectivity index (χ0v) is 12.7. The maximum absolute atomic E-state index is 13.8. The fourth-order valence-corrected chi connectivity index (χ4v) is 2.97. The summed E-state index contributed by atoms with van der Waals surface area (Å²) in [5.41, 5.74) is 0.506. The van der Waals surface area contributed by atoms with E-state index < -0.39 is 28.6 Å². The molecule has 4 nitrogen and oxygen atoms in total. The van der Waals surface area contributed by atoms with E-state index in [0.717, 1.165) is 24.3 Å². The van der Waals surface area contributed by atoms with Crippen molar-refractivity contribution in [2.24, 2.45) is 0 Å².